The van der Waals surface area contributed by atoms with Gasteiger partial charge in [-0.25, -0.2) is 0 Å². The molecule has 1 aliphatic rings. The Morgan fingerprint density at radius 1 is 1.28 bits per heavy atom. The second-order valence-electron chi connectivity index (χ2n) is 6.10. The van der Waals surface area contributed by atoms with Crippen molar-refractivity contribution in [1.29, 1.82) is 0 Å². The lowest BCUT2D eigenvalue weighted by atomic mass is 10.1. The number of carbonyl (C=O) groups is 1. The molecule has 1 aliphatic heterocycles. The van der Waals surface area contributed by atoms with E-state index in [9.17, 15) is 4.79 Å². The Morgan fingerprint density at radius 2 is 2.08 bits per heavy atom. The van der Waals surface area contributed by atoms with Gasteiger partial charge in [0.25, 0.3) is 0 Å². The summed E-state index contributed by atoms with van der Waals surface area (Å²) in [6.45, 7) is 5.11. The molecular formula is C18H23BrN4O2. The Labute approximate surface area is 156 Å². The van der Waals surface area contributed by atoms with Crippen LogP contribution in [-0.4, -0.2) is 68.8 Å². The number of aromatic nitrogens is 1. The van der Waals surface area contributed by atoms with Crippen molar-refractivity contribution in [3.05, 3.63) is 34.9 Å². The van der Waals surface area contributed by atoms with Gasteiger partial charge >= 0.3 is 0 Å². The Balaban J connectivity index is 1.58. The van der Waals surface area contributed by atoms with Gasteiger partial charge in [0.2, 0.25) is 5.91 Å². The quantitative estimate of drug-likeness (QED) is 0.742. The minimum absolute atomic E-state index is 0.0599. The summed E-state index contributed by atoms with van der Waals surface area (Å²) in [6, 6.07) is 8.27. The molecule has 1 saturated heterocycles. The number of anilines is 1. The molecule has 1 N–H and O–H groups in total. The SMILES string of the molecule is COCCNC(=O)CN1CCN(c2ccnc3cc(Br)ccc23)CC1. The van der Waals surface area contributed by atoms with E-state index in [1.54, 1.807) is 7.11 Å². The zero-order valence-corrected chi connectivity index (χ0v) is 16.0. The van der Waals surface area contributed by atoms with E-state index < -0.39 is 0 Å². The molecule has 7 heteroatoms. The zero-order chi connectivity index (χ0) is 17.6. The fourth-order valence-corrected chi connectivity index (χ4v) is 3.43. The summed E-state index contributed by atoms with van der Waals surface area (Å²) >= 11 is 3.50. The van der Waals surface area contributed by atoms with E-state index in [2.05, 4.69) is 48.2 Å². The number of carbonyl (C=O) groups excluding carboxylic acids is 1. The normalized spacial score (nSPS) is 15.5. The number of benzene rings is 1. The Hall–Kier alpha value is -1.70. The molecule has 25 heavy (non-hydrogen) atoms. The van der Waals surface area contributed by atoms with E-state index in [1.165, 1.54) is 5.69 Å². The number of ether oxygens (including phenoxy) is 1. The van der Waals surface area contributed by atoms with Crippen LogP contribution in [-0.2, 0) is 9.53 Å². The average molecular weight is 407 g/mol. The van der Waals surface area contributed by atoms with Gasteiger partial charge in [0, 0.05) is 61.6 Å². The van der Waals surface area contributed by atoms with Crippen molar-refractivity contribution in [1.82, 2.24) is 15.2 Å². The van der Waals surface area contributed by atoms with Crippen LogP contribution in [0.1, 0.15) is 0 Å². The van der Waals surface area contributed by atoms with Crippen LogP contribution in [0.4, 0.5) is 5.69 Å². The van der Waals surface area contributed by atoms with Crippen molar-refractivity contribution in [3.63, 3.8) is 0 Å². The lowest BCUT2D eigenvalue weighted by molar-refractivity contribution is -0.122. The maximum atomic E-state index is 11.9. The van der Waals surface area contributed by atoms with Gasteiger partial charge in [-0.1, -0.05) is 15.9 Å². The summed E-state index contributed by atoms with van der Waals surface area (Å²) in [6.07, 6.45) is 1.86. The van der Waals surface area contributed by atoms with Gasteiger partial charge in [0.05, 0.1) is 18.7 Å². The largest absolute Gasteiger partial charge is 0.383 e. The number of pyridine rings is 1. The molecule has 134 valence electrons. The minimum atomic E-state index is 0.0599. The van der Waals surface area contributed by atoms with Crippen molar-refractivity contribution >= 4 is 38.4 Å². The number of hydrogen-bond donors (Lipinski definition) is 1. The van der Waals surface area contributed by atoms with Crippen LogP contribution in [0.3, 0.4) is 0 Å². The fraction of sp³-hybridized carbons (Fsp3) is 0.444. The molecule has 0 aliphatic carbocycles. The zero-order valence-electron chi connectivity index (χ0n) is 14.4. The summed E-state index contributed by atoms with van der Waals surface area (Å²) in [5.74, 6) is 0.0599. The van der Waals surface area contributed by atoms with Gasteiger partial charge in [-0.2, -0.15) is 0 Å². The number of nitrogens with zero attached hydrogens (tertiary/aromatic N) is 3. The van der Waals surface area contributed by atoms with Gasteiger partial charge in [-0.15, -0.1) is 0 Å². The summed E-state index contributed by atoms with van der Waals surface area (Å²) in [5, 5.41) is 4.03. The second kappa shape index (κ2) is 8.60. The third-order valence-corrected chi connectivity index (χ3v) is 4.88. The summed E-state index contributed by atoms with van der Waals surface area (Å²) in [5.41, 5.74) is 2.20. The number of rotatable bonds is 6. The first-order valence-electron chi connectivity index (χ1n) is 8.44. The first-order chi connectivity index (χ1) is 12.2. The molecule has 6 nitrogen and oxygen atoms in total. The number of hydrogen-bond acceptors (Lipinski definition) is 5. The van der Waals surface area contributed by atoms with Crippen LogP contribution in [0.2, 0.25) is 0 Å². The molecule has 2 aromatic rings. The van der Waals surface area contributed by atoms with Crippen LogP contribution in [0.25, 0.3) is 10.9 Å². The minimum Gasteiger partial charge on any atom is -0.383 e. The molecule has 0 saturated carbocycles. The first-order valence-corrected chi connectivity index (χ1v) is 9.24. The van der Waals surface area contributed by atoms with Crippen LogP contribution < -0.4 is 10.2 Å². The number of piperazine rings is 1. The third kappa shape index (κ3) is 4.68. The van der Waals surface area contributed by atoms with Gasteiger partial charge in [-0.05, 0) is 24.3 Å². The molecule has 0 radical (unpaired) electrons. The molecule has 0 bridgehead atoms. The van der Waals surface area contributed by atoms with Gasteiger partial charge in [-0.3, -0.25) is 14.7 Å². The Bertz CT molecular complexity index is 732. The molecule has 0 spiro atoms. The summed E-state index contributed by atoms with van der Waals surface area (Å²) in [4.78, 5) is 20.9. The van der Waals surface area contributed by atoms with Crippen molar-refractivity contribution in [2.24, 2.45) is 0 Å². The highest BCUT2D eigenvalue weighted by atomic mass is 79.9. The molecule has 2 heterocycles. The van der Waals surface area contributed by atoms with Crippen LogP contribution in [0.5, 0.6) is 0 Å². The maximum Gasteiger partial charge on any atom is 0.234 e. The number of nitrogens with one attached hydrogen (secondary N) is 1. The molecule has 1 aromatic carbocycles. The third-order valence-electron chi connectivity index (χ3n) is 4.39. The Morgan fingerprint density at radius 3 is 2.84 bits per heavy atom. The van der Waals surface area contributed by atoms with Crippen LogP contribution in [0.15, 0.2) is 34.9 Å². The monoisotopic (exact) mass is 406 g/mol. The summed E-state index contributed by atoms with van der Waals surface area (Å²) < 4.78 is 5.98. The van der Waals surface area contributed by atoms with E-state index in [1.807, 2.05) is 18.3 Å². The van der Waals surface area contributed by atoms with Crippen molar-refractivity contribution in [3.8, 4) is 0 Å². The molecular weight excluding hydrogens is 384 g/mol. The molecule has 3 rings (SSSR count). The van der Waals surface area contributed by atoms with Crippen molar-refractivity contribution in [2.45, 2.75) is 0 Å². The molecule has 1 aromatic heterocycles. The van der Waals surface area contributed by atoms with E-state index in [0.29, 0.717) is 19.7 Å². The highest BCUT2D eigenvalue weighted by Gasteiger charge is 2.20. The number of halogens is 1. The van der Waals surface area contributed by atoms with Gasteiger partial charge in [0.15, 0.2) is 0 Å². The fourth-order valence-electron chi connectivity index (χ4n) is 3.08. The molecule has 0 atom stereocenters. The lowest BCUT2D eigenvalue weighted by Crippen LogP contribution is -2.49. The molecule has 0 unspecified atom stereocenters. The van der Waals surface area contributed by atoms with Crippen molar-refractivity contribution in [2.75, 3.05) is 57.9 Å². The highest BCUT2D eigenvalue weighted by molar-refractivity contribution is 9.10. The van der Waals surface area contributed by atoms with Gasteiger partial charge in [0.1, 0.15) is 0 Å². The predicted molar refractivity (Wildman–Crippen MR) is 103 cm³/mol. The Kier molecular flexibility index (Phi) is 6.23. The van der Waals surface area contributed by atoms with E-state index >= 15 is 0 Å². The lowest BCUT2D eigenvalue weighted by Gasteiger charge is -2.36. The molecule has 1 fully saturated rings. The number of amides is 1. The van der Waals surface area contributed by atoms with E-state index in [4.69, 9.17) is 4.74 Å². The van der Waals surface area contributed by atoms with E-state index in [-0.39, 0.29) is 5.91 Å². The predicted octanol–water partition coefficient (Wildman–Crippen LogP) is 1.88. The number of fused-ring (bicyclic) bond motifs is 1. The molecule has 1 amide bonds. The summed E-state index contributed by atoms with van der Waals surface area (Å²) in [7, 11) is 1.63. The van der Waals surface area contributed by atoms with Crippen molar-refractivity contribution < 1.29 is 9.53 Å². The number of methoxy groups -OCH3 is 1. The first kappa shape index (κ1) is 18.1. The average Bonchev–Trinajstić information content (AvgIpc) is 2.62. The second-order valence-corrected chi connectivity index (χ2v) is 7.01. The highest BCUT2D eigenvalue weighted by Crippen LogP contribution is 2.28. The standard InChI is InChI=1S/C18H23BrN4O2/c1-25-11-6-21-18(24)13-22-7-9-23(10-8-22)17-4-5-20-16-12-14(19)2-3-15(16)17/h2-5,12H,6-11,13H2,1H3,(H,21,24). The van der Waals surface area contributed by atoms with Gasteiger partial charge < -0.3 is 15.0 Å². The maximum absolute atomic E-state index is 11.9. The smallest absolute Gasteiger partial charge is 0.234 e. The topological polar surface area (TPSA) is 57.7 Å². The van der Waals surface area contributed by atoms with Crippen LogP contribution >= 0.6 is 15.9 Å². The van der Waals surface area contributed by atoms with Crippen LogP contribution in [0, 0.1) is 0 Å². The van der Waals surface area contributed by atoms with E-state index in [0.717, 1.165) is 41.6 Å².